The van der Waals surface area contributed by atoms with Crippen molar-refractivity contribution in [2.45, 2.75) is 0 Å². The van der Waals surface area contributed by atoms with Crippen molar-refractivity contribution >= 4 is 46.6 Å². The molecule has 2 heterocycles. The molecule has 0 atom stereocenters. The highest BCUT2D eigenvalue weighted by molar-refractivity contribution is 7.80. The third-order valence-corrected chi connectivity index (χ3v) is 4.65. The van der Waals surface area contributed by atoms with Gasteiger partial charge < -0.3 is 10.5 Å². The van der Waals surface area contributed by atoms with Gasteiger partial charge in [0, 0.05) is 11.8 Å². The zero-order valence-corrected chi connectivity index (χ0v) is 16.4. The number of nitrogen functional groups attached to an aromatic ring is 1. The number of amides is 2. The molecule has 8 heteroatoms. The molecule has 1 aliphatic heterocycles. The Morgan fingerprint density at radius 1 is 1.00 bits per heavy atom. The van der Waals surface area contributed by atoms with E-state index in [0.717, 1.165) is 0 Å². The number of carbonyl (C=O) groups is 2. The number of hydrogen-bond donors (Lipinski definition) is 2. The van der Waals surface area contributed by atoms with Crippen LogP contribution >= 0.6 is 12.2 Å². The second kappa shape index (κ2) is 8.14. The van der Waals surface area contributed by atoms with Gasteiger partial charge in [-0.1, -0.05) is 18.2 Å². The summed E-state index contributed by atoms with van der Waals surface area (Å²) in [5, 5.41) is 2.55. The Labute approximate surface area is 177 Å². The number of aromatic nitrogens is 1. The van der Waals surface area contributed by atoms with Crippen LogP contribution in [0.2, 0.25) is 0 Å². The van der Waals surface area contributed by atoms with E-state index in [1.54, 1.807) is 30.3 Å². The molecule has 30 heavy (non-hydrogen) atoms. The van der Waals surface area contributed by atoms with Gasteiger partial charge in [0.2, 0.25) is 0 Å². The van der Waals surface area contributed by atoms with Crippen molar-refractivity contribution in [3.8, 4) is 11.5 Å². The minimum Gasteiger partial charge on any atom is -0.457 e. The van der Waals surface area contributed by atoms with E-state index in [4.69, 9.17) is 22.7 Å². The Balaban J connectivity index is 1.61. The number of para-hydroxylation sites is 1. The minimum atomic E-state index is -0.582. The topological polar surface area (TPSA) is 97.5 Å². The van der Waals surface area contributed by atoms with Gasteiger partial charge in [0.25, 0.3) is 11.8 Å². The smallest absolute Gasteiger partial charge is 0.270 e. The third kappa shape index (κ3) is 3.89. The summed E-state index contributed by atoms with van der Waals surface area (Å²) in [6.45, 7) is 0. The number of nitrogens with zero attached hydrogens (tertiary/aromatic N) is 2. The molecular formula is C22H16N4O3S. The molecule has 2 amide bonds. The summed E-state index contributed by atoms with van der Waals surface area (Å²) in [5.41, 5.74) is 7.17. The summed E-state index contributed by atoms with van der Waals surface area (Å²) in [5.74, 6) is 0.171. The molecular weight excluding hydrogens is 400 g/mol. The fourth-order valence-corrected chi connectivity index (χ4v) is 3.17. The van der Waals surface area contributed by atoms with Gasteiger partial charge in [-0.25, -0.2) is 0 Å². The number of carbonyl (C=O) groups excluding carboxylic acids is 2. The van der Waals surface area contributed by atoms with E-state index in [9.17, 15) is 9.59 Å². The van der Waals surface area contributed by atoms with Gasteiger partial charge in [-0.05, 0) is 60.8 Å². The highest BCUT2D eigenvalue weighted by atomic mass is 32.1. The predicted octanol–water partition coefficient (Wildman–Crippen LogP) is 3.29. The molecule has 0 radical (unpaired) electrons. The van der Waals surface area contributed by atoms with Gasteiger partial charge in [0.1, 0.15) is 17.1 Å². The standard InChI is InChI=1S/C22H16N4O3S/c23-19-13-24-11-10-14(19)12-18-20(27)25-22(30)26(21(18)28)15-6-8-17(9-7-15)29-16-4-2-1-3-5-16/h1-13H,23H2,(H,25,27,30)/b18-12+. The predicted molar refractivity (Wildman–Crippen MR) is 118 cm³/mol. The molecule has 3 aromatic rings. The van der Waals surface area contributed by atoms with Crippen molar-refractivity contribution < 1.29 is 14.3 Å². The third-order valence-electron chi connectivity index (χ3n) is 4.36. The van der Waals surface area contributed by atoms with E-state index < -0.39 is 11.8 Å². The average molecular weight is 416 g/mol. The first-order valence-corrected chi connectivity index (χ1v) is 9.37. The molecule has 7 nitrogen and oxygen atoms in total. The normalized spacial score (nSPS) is 15.3. The van der Waals surface area contributed by atoms with Crippen LogP contribution in [-0.4, -0.2) is 21.9 Å². The van der Waals surface area contributed by atoms with E-state index in [2.05, 4.69) is 10.3 Å². The number of nitrogens with one attached hydrogen (secondary N) is 1. The number of hydrogen-bond acceptors (Lipinski definition) is 6. The van der Waals surface area contributed by atoms with Crippen LogP contribution in [0.25, 0.3) is 6.08 Å². The first-order chi connectivity index (χ1) is 14.5. The monoisotopic (exact) mass is 416 g/mol. The lowest BCUT2D eigenvalue weighted by Gasteiger charge is -2.29. The van der Waals surface area contributed by atoms with E-state index in [-0.39, 0.29) is 10.7 Å². The summed E-state index contributed by atoms with van der Waals surface area (Å²) in [7, 11) is 0. The largest absolute Gasteiger partial charge is 0.457 e. The van der Waals surface area contributed by atoms with Crippen LogP contribution in [0.15, 0.2) is 78.6 Å². The molecule has 4 rings (SSSR count). The lowest BCUT2D eigenvalue weighted by molar-refractivity contribution is -0.122. The lowest BCUT2D eigenvalue weighted by atomic mass is 10.1. The van der Waals surface area contributed by atoms with Crippen LogP contribution in [0.4, 0.5) is 11.4 Å². The number of pyridine rings is 1. The summed E-state index contributed by atoms with van der Waals surface area (Å²) in [4.78, 5) is 30.6. The molecule has 1 saturated heterocycles. The Morgan fingerprint density at radius 3 is 2.40 bits per heavy atom. The number of nitrogens with two attached hydrogens (primary N) is 1. The van der Waals surface area contributed by atoms with Gasteiger partial charge in [-0.15, -0.1) is 0 Å². The van der Waals surface area contributed by atoms with E-state index in [1.807, 2.05) is 30.3 Å². The number of anilines is 2. The van der Waals surface area contributed by atoms with E-state index in [0.29, 0.717) is 28.4 Å². The maximum absolute atomic E-state index is 13.1. The van der Waals surface area contributed by atoms with Crippen LogP contribution in [0.1, 0.15) is 5.56 Å². The number of thiocarbonyl (C=S) groups is 1. The van der Waals surface area contributed by atoms with Crippen LogP contribution in [-0.2, 0) is 9.59 Å². The molecule has 0 spiro atoms. The minimum absolute atomic E-state index is 0.00146. The quantitative estimate of drug-likeness (QED) is 0.385. The first kappa shape index (κ1) is 19.3. The van der Waals surface area contributed by atoms with Crippen molar-refractivity contribution in [2.75, 3.05) is 10.6 Å². The Kier molecular flexibility index (Phi) is 5.23. The zero-order valence-electron chi connectivity index (χ0n) is 15.6. The molecule has 1 fully saturated rings. The van der Waals surface area contributed by atoms with Gasteiger partial charge in [0.05, 0.1) is 17.6 Å². The van der Waals surface area contributed by atoms with Crippen LogP contribution in [0.3, 0.4) is 0 Å². The molecule has 148 valence electrons. The average Bonchev–Trinajstić information content (AvgIpc) is 2.74. The van der Waals surface area contributed by atoms with Crippen molar-refractivity contribution in [1.82, 2.24) is 10.3 Å². The Bertz CT molecular complexity index is 1160. The fourth-order valence-electron chi connectivity index (χ4n) is 2.88. The van der Waals surface area contributed by atoms with Crippen LogP contribution < -0.4 is 20.7 Å². The molecule has 0 unspecified atom stereocenters. The second-order valence-corrected chi connectivity index (χ2v) is 6.76. The van der Waals surface area contributed by atoms with Gasteiger partial charge >= 0.3 is 0 Å². The maximum atomic E-state index is 13.1. The fraction of sp³-hybridized carbons (Fsp3) is 0. The number of benzene rings is 2. The van der Waals surface area contributed by atoms with E-state index >= 15 is 0 Å². The molecule has 0 saturated carbocycles. The highest BCUT2D eigenvalue weighted by Gasteiger charge is 2.34. The molecule has 1 aromatic heterocycles. The first-order valence-electron chi connectivity index (χ1n) is 8.97. The zero-order chi connectivity index (χ0) is 21.1. The highest BCUT2D eigenvalue weighted by Crippen LogP contribution is 2.27. The van der Waals surface area contributed by atoms with Crippen molar-refractivity contribution in [3.63, 3.8) is 0 Å². The van der Waals surface area contributed by atoms with Gasteiger partial charge in [0.15, 0.2) is 5.11 Å². The Morgan fingerprint density at radius 2 is 1.70 bits per heavy atom. The lowest BCUT2D eigenvalue weighted by Crippen LogP contribution is -2.54. The second-order valence-electron chi connectivity index (χ2n) is 6.37. The molecule has 2 aromatic carbocycles. The number of ether oxygens (including phenoxy) is 1. The van der Waals surface area contributed by atoms with E-state index in [1.165, 1.54) is 23.4 Å². The van der Waals surface area contributed by atoms with Crippen LogP contribution in [0, 0.1) is 0 Å². The van der Waals surface area contributed by atoms with Crippen LogP contribution in [0.5, 0.6) is 11.5 Å². The van der Waals surface area contributed by atoms with Crippen molar-refractivity contribution in [2.24, 2.45) is 0 Å². The molecule has 0 aliphatic carbocycles. The molecule has 3 N–H and O–H groups in total. The SMILES string of the molecule is Nc1cnccc1/C=C1\C(=O)NC(=S)N(c2ccc(Oc3ccccc3)cc2)C1=O. The summed E-state index contributed by atoms with van der Waals surface area (Å²) in [6.07, 6.45) is 4.41. The molecule has 1 aliphatic rings. The molecule has 0 bridgehead atoms. The van der Waals surface area contributed by atoms with Gasteiger partial charge in [-0.3, -0.25) is 24.8 Å². The summed E-state index contributed by atoms with van der Waals surface area (Å²) in [6, 6.07) is 17.8. The van der Waals surface area contributed by atoms with Crippen molar-refractivity contribution in [1.29, 1.82) is 0 Å². The number of rotatable bonds is 4. The Hall–Kier alpha value is -4.04. The summed E-state index contributed by atoms with van der Waals surface area (Å²) >= 11 is 5.22. The maximum Gasteiger partial charge on any atom is 0.270 e. The van der Waals surface area contributed by atoms with Gasteiger partial charge in [-0.2, -0.15) is 0 Å². The summed E-state index contributed by atoms with van der Waals surface area (Å²) < 4.78 is 5.77. The van der Waals surface area contributed by atoms with Crippen molar-refractivity contribution in [3.05, 3.63) is 84.2 Å².